The standard InChI is InChI=1S/C16H19N3O3/c17-16(14(20)3-1-2-8-19(16)15(21)22)13-5-4-12-10-18-7-6-11(12)9-13/h4-5,9-10H,1-3,6-8,17H2,(H,21,22). The van der Waals surface area contributed by atoms with E-state index in [2.05, 4.69) is 4.99 Å². The lowest BCUT2D eigenvalue weighted by atomic mass is 9.89. The first kappa shape index (κ1) is 14.7. The molecule has 116 valence electrons. The number of ketones is 1. The smallest absolute Gasteiger partial charge is 0.409 e. The molecule has 0 bridgehead atoms. The van der Waals surface area contributed by atoms with Crippen molar-refractivity contribution in [2.45, 2.75) is 31.3 Å². The Bertz CT molecular complexity index is 656. The summed E-state index contributed by atoms with van der Waals surface area (Å²) in [6.45, 7) is 0.973. The predicted octanol–water partition coefficient (Wildman–Crippen LogP) is 1.51. The highest BCUT2D eigenvalue weighted by Gasteiger charge is 2.45. The number of benzene rings is 1. The quantitative estimate of drug-likeness (QED) is 0.821. The number of hydrogen-bond donors (Lipinski definition) is 2. The van der Waals surface area contributed by atoms with Gasteiger partial charge in [-0.1, -0.05) is 18.2 Å². The van der Waals surface area contributed by atoms with Gasteiger partial charge < -0.3 is 5.11 Å². The van der Waals surface area contributed by atoms with Gasteiger partial charge >= 0.3 is 6.09 Å². The van der Waals surface area contributed by atoms with Gasteiger partial charge in [0.25, 0.3) is 0 Å². The molecule has 6 nitrogen and oxygen atoms in total. The van der Waals surface area contributed by atoms with Crippen LogP contribution in [0.3, 0.4) is 0 Å². The minimum absolute atomic E-state index is 0.239. The maximum absolute atomic E-state index is 12.6. The summed E-state index contributed by atoms with van der Waals surface area (Å²) < 4.78 is 0. The number of nitrogens with two attached hydrogens (primary N) is 1. The van der Waals surface area contributed by atoms with Crippen molar-refractivity contribution in [1.29, 1.82) is 0 Å². The first-order chi connectivity index (χ1) is 10.5. The number of rotatable bonds is 1. The number of fused-ring (bicyclic) bond motifs is 1. The number of amides is 1. The van der Waals surface area contributed by atoms with E-state index in [9.17, 15) is 14.7 Å². The molecule has 2 aliphatic rings. The van der Waals surface area contributed by atoms with Crippen LogP contribution in [0.15, 0.2) is 23.2 Å². The molecule has 0 spiro atoms. The average Bonchev–Trinajstić information content (AvgIpc) is 2.67. The van der Waals surface area contributed by atoms with E-state index in [-0.39, 0.29) is 12.3 Å². The van der Waals surface area contributed by atoms with Crippen molar-refractivity contribution in [3.63, 3.8) is 0 Å². The molecule has 1 unspecified atom stereocenters. The number of carbonyl (C=O) groups is 2. The first-order valence-electron chi connectivity index (χ1n) is 7.49. The lowest BCUT2D eigenvalue weighted by Crippen LogP contribution is -2.59. The Kier molecular flexibility index (Phi) is 3.70. The highest BCUT2D eigenvalue weighted by Crippen LogP contribution is 2.31. The molecule has 0 aliphatic carbocycles. The van der Waals surface area contributed by atoms with Gasteiger partial charge in [-0.05, 0) is 30.4 Å². The van der Waals surface area contributed by atoms with Crippen LogP contribution in [0.5, 0.6) is 0 Å². The van der Waals surface area contributed by atoms with Gasteiger partial charge in [0.2, 0.25) is 0 Å². The molecule has 0 saturated carbocycles. The molecule has 1 saturated heterocycles. The minimum Gasteiger partial charge on any atom is -0.465 e. The van der Waals surface area contributed by atoms with Crippen LogP contribution in [-0.4, -0.2) is 41.2 Å². The summed E-state index contributed by atoms with van der Waals surface area (Å²) in [6.07, 6.45) is 3.04. The van der Waals surface area contributed by atoms with Crippen LogP contribution < -0.4 is 5.73 Å². The van der Waals surface area contributed by atoms with Crippen LogP contribution in [0, 0.1) is 0 Å². The molecule has 0 aromatic heterocycles. The van der Waals surface area contributed by atoms with Crippen molar-refractivity contribution in [2.24, 2.45) is 10.7 Å². The normalized spacial score (nSPS) is 24.8. The highest BCUT2D eigenvalue weighted by molar-refractivity contribution is 5.93. The van der Waals surface area contributed by atoms with E-state index in [0.717, 1.165) is 22.4 Å². The molecule has 1 fully saturated rings. The second-order valence-electron chi connectivity index (χ2n) is 5.78. The van der Waals surface area contributed by atoms with Crippen LogP contribution >= 0.6 is 0 Å². The van der Waals surface area contributed by atoms with Crippen LogP contribution in [0.1, 0.15) is 36.0 Å². The molecule has 22 heavy (non-hydrogen) atoms. The van der Waals surface area contributed by atoms with Crippen molar-refractivity contribution in [1.82, 2.24) is 4.90 Å². The Morgan fingerprint density at radius 2 is 2.14 bits per heavy atom. The Morgan fingerprint density at radius 1 is 1.32 bits per heavy atom. The fraction of sp³-hybridized carbons (Fsp3) is 0.438. The molecule has 1 amide bonds. The first-order valence-corrected chi connectivity index (χ1v) is 7.49. The Morgan fingerprint density at radius 3 is 2.91 bits per heavy atom. The van der Waals surface area contributed by atoms with E-state index >= 15 is 0 Å². The zero-order chi connectivity index (χ0) is 15.7. The van der Waals surface area contributed by atoms with Crippen molar-refractivity contribution in [3.8, 4) is 0 Å². The summed E-state index contributed by atoms with van der Waals surface area (Å²) in [7, 11) is 0. The van der Waals surface area contributed by atoms with Crippen molar-refractivity contribution >= 4 is 18.1 Å². The maximum atomic E-state index is 12.6. The van der Waals surface area contributed by atoms with Crippen molar-refractivity contribution in [3.05, 3.63) is 34.9 Å². The molecule has 2 heterocycles. The van der Waals surface area contributed by atoms with Gasteiger partial charge in [-0.2, -0.15) is 0 Å². The van der Waals surface area contributed by atoms with Gasteiger partial charge in [0.05, 0.1) is 0 Å². The largest absolute Gasteiger partial charge is 0.465 e. The summed E-state index contributed by atoms with van der Waals surface area (Å²) in [5.74, 6) is -0.239. The molecule has 6 heteroatoms. The number of aliphatic imine (C=N–C) groups is 1. The average molecular weight is 301 g/mol. The summed E-state index contributed by atoms with van der Waals surface area (Å²) in [4.78, 5) is 29.5. The molecule has 3 rings (SSSR count). The third-order valence-corrected chi connectivity index (χ3v) is 4.44. The third-order valence-electron chi connectivity index (χ3n) is 4.44. The zero-order valence-electron chi connectivity index (χ0n) is 12.3. The number of nitrogens with zero attached hydrogens (tertiary/aromatic N) is 2. The van der Waals surface area contributed by atoms with Gasteiger partial charge in [-0.15, -0.1) is 0 Å². The maximum Gasteiger partial charge on any atom is 0.409 e. The van der Waals surface area contributed by atoms with Gasteiger partial charge in [0, 0.05) is 31.3 Å². The molecular formula is C16H19N3O3. The number of carbonyl (C=O) groups excluding carboxylic acids is 1. The van der Waals surface area contributed by atoms with Gasteiger partial charge in [0.1, 0.15) is 0 Å². The van der Waals surface area contributed by atoms with Crippen LogP contribution in [0.25, 0.3) is 0 Å². The Hall–Kier alpha value is -2.21. The molecule has 1 atom stereocenters. The Labute approximate surface area is 128 Å². The van der Waals surface area contributed by atoms with E-state index in [1.807, 2.05) is 12.1 Å². The molecule has 2 aliphatic heterocycles. The van der Waals surface area contributed by atoms with Crippen LogP contribution in [0.4, 0.5) is 4.79 Å². The lowest BCUT2D eigenvalue weighted by Gasteiger charge is -2.37. The van der Waals surface area contributed by atoms with Crippen molar-refractivity contribution in [2.75, 3.05) is 13.1 Å². The topological polar surface area (TPSA) is 96.0 Å². The summed E-state index contributed by atoms with van der Waals surface area (Å²) in [5, 5.41) is 9.49. The SMILES string of the molecule is NC1(c2ccc3c(c2)CCN=C3)C(=O)CCCCN1C(=O)O. The lowest BCUT2D eigenvalue weighted by molar-refractivity contribution is -0.129. The number of Topliss-reactive ketones (excluding diaryl/α,β-unsaturated/α-hetero) is 1. The molecule has 3 N–H and O–H groups in total. The second kappa shape index (κ2) is 5.53. The Balaban J connectivity index is 2.10. The summed E-state index contributed by atoms with van der Waals surface area (Å²) >= 11 is 0. The monoisotopic (exact) mass is 301 g/mol. The van der Waals surface area contributed by atoms with Gasteiger partial charge in [-0.25, -0.2) is 4.79 Å². The predicted molar refractivity (Wildman–Crippen MR) is 82.1 cm³/mol. The summed E-state index contributed by atoms with van der Waals surface area (Å²) in [6, 6.07) is 5.47. The fourth-order valence-corrected chi connectivity index (χ4v) is 3.17. The minimum atomic E-state index is -1.59. The van der Waals surface area contributed by atoms with Gasteiger partial charge in [-0.3, -0.25) is 20.4 Å². The zero-order valence-corrected chi connectivity index (χ0v) is 12.3. The van der Waals surface area contributed by atoms with Crippen LogP contribution in [-0.2, 0) is 16.9 Å². The van der Waals surface area contributed by atoms with E-state index in [0.29, 0.717) is 31.4 Å². The molecule has 0 radical (unpaired) electrons. The van der Waals surface area contributed by atoms with E-state index in [4.69, 9.17) is 5.73 Å². The van der Waals surface area contributed by atoms with Crippen molar-refractivity contribution < 1.29 is 14.7 Å². The van der Waals surface area contributed by atoms with Crippen LogP contribution in [0.2, 0.25) is 0 Å². The molecule has 1 aromatic carbocycles. The van der Waals surface area contributed by atoms with Gasteiger partial charge in [0.15, 0.2) is 11.4 Å². The highest BCUT2D eigenvalue weighted by atomic mass is 16.4. The number of hydrogen-bond acceptors (Lipinski definition) is 4. The number of likely N-dealkylation sites (tertiary alicyclic amines) is 1. The third kappa shape index (κ3) is 2.29. The summed E-state index contributed by atoms with van der Waals surface area (Å²) in [5.41, 5.74) is 7.38. The van der Waals surface area contributed by atoms with E-state index < -0.39 is 11.8 Å². The number of carboxylic acid groups (broad SMARTS) is 1. The molecular weight excluding hydrogens is 282 g/mol. The van der Waals surface area contributed by atoms with E-state index in [1.54, 1.807) is 12.3 Å². The second-order valence-corrected chi connectivity index (χ2v) is 5.78. The van der Waals surface area contributed by atoms with E-state index in [1.165, 1.54) is 0 Å². The fourth-order valence-electron chi connectivity index (χ4n) is 3.17. The molecule has 1 aromatic rings.